The molecule has 1 heterocycles. The van der Waals surface area contributed by atoms with Crippen LogP contribution in [0.5, 0.6) is 5.75 Å². The van der Waals surface area contributed by atoms with Crippen LogP contribution in [0.15, 0.2) is 48.5 Å². The summed E-state index contributed by atoms with van der Waals surface area (Å²) in [6.07, 6.45) is 2.77. The second-order valence-electron chi connectivity index (χ2n) is 11.1. The van der Waals surface area contributed by atoms with E-state index < -0.39 is 0 Å². The van der Waals surface area contributed by atoms with Gasteiger partial charge in [-0.15, -0.1) is 0 Å². The Balaban J connectivity index is 1.90. The number of aliphatic hydroxyl groups excluding tert-OH is 1. The summed E-state index contributed by atoms with van der Waals surface area (Å²) in [5.74, 6) is 0.538. The molecular weight excluding hydrogens is 478 g/mol. The third-order valence-corrected chi connectivity index (χ3v) is 7.34. The number of hydrogen-bond donors (Lipinski definition) is 1. The topological polar surface area (TPSA) is 65.5 Å². The molecule has 1 N–H and O–H groups in total. The number of benzene rings is 2. The monoisotopic (exact) mass is 525 g/mol. The first-order valence-corrected chi connectivity index (χ1v) is 13.9. The molecule has 0 unspecified atom stereocenters. The van der Waals surface area contributed by atoms with Crippen LogP contribution in [0.3, 0.4) is 0 Å². The first-order chi connectivity index (χ1) is 18.2. The lowest BCUT2D eigenvalue weighted by atomic mass is 10.0. The van der Waals surface area contributed by atoms with Gasteiger partial charge in [-0.2, -0.15) is 0 Å². The van der Waals surface area contributed by atoms with Crippen molar-refractivity contribution in [1.82, 2.24) is 9.80 Å². The molecule has 2 aromatic rings. The first-order valence-electron chi connectivity index (χ1n) is 13.9. The van der Waals surface area contributed by atoms with Gasteiger partial charge in [0.15, 0.2) is 0 Å². The number of anilines is 1. The first kappa shape index (κ1) is 29.9. The van der Waals surface area contributed by atoms with Crippen LogP contribution in [-0.2, 0) is 11.3 Å². The van der Waals surface area contributed by atoms with E-state index in [-0.39, 0.29) is 36.7 Å². The molecule has 0 radical (unpaired) electrons. The number of carbonyl (C=O) groups excluding carboxylic acids is 1. The van der Waals surface area contributed by atoms with E-state index in [1.54, 1.807) is 4.90 Å². The number of hydrogen-bond acceptors (Lipinski definition) is 6. The SMILES string of the molecule is C[C@@H]1CN([C@H](C)CO)C(=O)c2cc(N(C)C)ccc2O[C@@H](C)CCCCO[C@H]1CN(C)Cc1ccccc1. The molecule has 4 atom stereocenters. The fraction of sp³-hybridized carbons (Fsp3) is 0.581. The van der Waals surface area contributed by atoms with E-state index in [4.69, 9.17) is 9.47 Å². The van der Waals surface area contributed by atoms with E-state index in [1.807, 2.05) is 50.2 Å². The Morgan fingerprint density at radius 1 is 1.08 bits per heavy atom. The Labute approximate surface area is 229 Å². The van der Waals surface area contributed by atoms with Gasteiger partial charge in [0.05, 0.1) is 30.4 Å². The van der Waals surface area contributed by atoms with Crippen molar-refractivity contribution in [2.75, 3.05) is 52.3 Å². The number of nitrogens with zero attached hydrogens (tertiary/aromatic N) is 3. The Morgan fingerprint density at radius 3 is 2.50 bits per heavy atom. The normalized spacial score (nSPS) is 22.4. The maximum Gasteiger partial charge on any atom is 0.258 e. The highest BCUT2D eigenvalue weighted by Crippen LogP contribution is 2.29. The van der Waals surface area contributed by atoms with E-state index in [1.165, 1.54) is 5.56 Å². The summed E-state index contributed by atoms with van der Waals surface area (Å²) in [7, 11) is 6.04. The molecule has 0 fully saturated rings. The quantitative estimate of drug-likeness (QED) is 0.566. The Hall–Kier alpha value is -2.61. The van der Waals surface area contributed by atoms with Crippen LogP contribution >= 0.6 is 0 Å². The summed E-state index contributed by atoms with van der Waals surface area (Å²) < 4.78 is 12.8. The third kappa shape index (κ3) is 8.45. The van der Waals surface area contributed by atoms with Crippen LogP contribution in [0.2, 0.25) is 0 Å². The third-order valence-electron chi connectivity index (χ3n) is 7.34. The van der Waals surface area contributed by atoms with Crippen LogP contribution in [-0.4, -0.2) is 86.5 Å². The highest BCUT2D eigenvalue weighted by atomic mass is 16.5. The summed E-state index contributed by atoms with van der Waals surface area (Å²) in [6.45, 7) is 8.72. The van der Waals surface area contributed by atoms with Crippen LogP contribution in [0.1, 0.15) is 56.0 Å². The van der Waals surface area contributed by atoms with Crippen molar-refractivity contribution in [1.29, 1.82) is 0 Å². The number of amides is 1. The maximum atomic E-state index is 14.1. The van der Waals surface area contributed by atoms with Crippen molar-refractivity contribution >= 4 is 11.6 Å². The minimum atomic E-state index is -0.339. The van der Waals surface area contributed by atoms with E-state index in [9.17, 15) is 9.90 Å². The van der Waals surface area contributed by atoms with Crippen LogP contribution in [0, 0.1) is 5.92 Å². The van der Waals surface area contributed by atoms with Crippen LogP contribution < -0.4 is 9.64 Å². The zero-order chi connectivity index (χ0) is 27.7. The van der Waals surface area contributed by atoms with Gasteiger partial charge in [0, 0.05) is 51.9 Å². The number of rotatable bonds is 7. The average molecular weight is 526 g/mol. The van der Waals surface area contributed by atoms with Crippen LogP contribution in [0.4, 0.5) is 5.69 Å². The van der Waals surface area contributed by atoms with Gasteiger partial charge in [0.25, 0.3) is 5.91 Å². The fourth-order valence-electron chi connectivity index (χ4n) is 4.92. The van der Waals surface area contributed by atoms with Gasteiger partial charge in [0.2, 0.25) is 0 Å². The second kappa shape index (κ2) is 14.5. The molecule has 0 bridgehead atoms. The van der Waals surface area contributed by atoms with Crippen molar-refractivity contribution in [2.45, 2.75) is 64.8 Å². The van der Waals surface area contributed by atoms with Gasteiger partial charge in [0.1, 0.15) is 5.75 Å². The lowest BCUT2D eigenvalue weighted by Gasteiger charge is -2.36. The fourth-order valence-corrected chi connectivity index (χ4v) is 4.92. The summed E-state index contributed by atoms with van der Waals surface area (Å²) in [5, 5.41) is 10.1. The lowest BCUT2D eigenvalue weighted by Crippen LogP contribution is -2.47. The standard InChI is InChI=1S/C31H47N3O4/c1-23-19-34(24(2)22-35)31(36)28-18-27(32(4)5)15-16-29(28)38-25(3)12-10-11-17-37-30(23)21-33(6)20-26-13-8-7-9-14-26/h7-9,13-16,18,23-25,30,35H,10-12,17,19-22H2,1-6H3/t23-,24-,25+,30+/m1/s1. The van der Waals surface area contributed by atoms with E-state index in [0.29, 0.717) is 24.5 Å². The number of likely N-dealkylation sites (N-methyl/N-ethyl adjacent to an activating group) is 1. The van der Waals surface area contributed by atoms with Crippen molar-refractivity contribution in [2.24, 2.45) is 5.92 Å². The summed E-state index contributed by atoms with van der Waals surface area (Å²) in [6, 6.07) is 15.9. The van der Waals surface area contributed by atoms with Crippen molar-refractivity contribution < 1.29 is 19.4 Å². The lowest BCUT2D eigenvalue weighted by molar-refractivity contribution is -0.0177. The molecule has 0 saturated heterocycles. The predicted octanol–water partition coefficient (Wildman–Crippen LogP) is 4.68. The van der Waals surface area contributed by atoms with E-state index >= 15 is 0 Å². The Kier molecular flexibility index (Phi) is 11.4. The van der Waals surface area contributed by atoms with Gasteiger partial charge in [-0.3, -0.25) is 9.69 Å². The second-order valence-corrected chi connectivity index (χ2v) is 11.1. The minimum Gasteiger partial charge on any atom is -0.490 e. The van der Waals surface area contributed by atoms with Gasteiger partial charge >= 0.3 is 0 Å². The molecule has 38 heavy (non-hydrogen) atoms. The maximum absolute atomic E-state index is 14.1. The molecule has 3 rings (SSSR count). The smallest absolute Gasteiger partial charge is 0.258 e. The van der Waals surface area contributed by atoms with Gasteiger partial charge in [-0.1, -0.05) is 37.3 Å². The predicted molar refractivity (Wildman–Crippen MR) is 154 cm³/mol. The van der Waals surface area contributed by atoms with Crippen molar-refractivity contribution in [3.63, 3.8) is 0 Å². The molecule has 2 aromatic carbocycles. The highest BCUT2D eigenvalue weighted by Gasteiger charge is 2.30. The zero-order valence-corrected chi connectivity index (χ0v) is 24.1. The molecule has 1 aliphatic rings. The van der Waals surface area contributed by atoms with Gasteiger partial charge < -0.3 is 24.4 Å². The molecular formula is C31H47N3O4. The number of ether oxygens (including phenoxy) is 2. The summed E-state index contributed by atoms with van der Waals surface area (Å²) in [5.41, 5.74) is 2.73. The summed E-state index contributed by atoms with van der Waals surface area (Å²) >= 11 is 0. The van der Waals surface area contributed by atoms with Crippen molar-refractivity contribution in [3.8, 4) is 5.75 Å². The average Bonchev–Trinajstić information content (AvgIpc) is 2.90. The Bertz CT molecular complexity index is 1000. The van der Waals surface area contributed by atoms with Crippen molar-refractivity contribution in [3.05, 3.63) is 59.7 Å². The molecule has 0 saturated carbocycles. The molecule has 1 amide bonds. The van der Waals surface area contributed by atoms with E-state index in [0.717, 1.165) is 38.0 Å². The molecule has 210 valence electrons. The summed E-state index contributed by atoms with van der Waals surface area (Å²) in [4.78, 5) is 20.1. The Morgan fingerprint density at radius 2 is 1.82 bits per heavy atom. The molecule has 7 nitrogen and oxygen atoms in total. The largest absolute Gasteiger partial charge is 0.490 e. The molecule has 0 aromatic heterocycles. The highest BCUT2D eigenvalue weighted by molar-refractivity contribution is 5.98. The zero-order valence-electron chi connectivity index (χ0n) is 24.1. The molecule has 0 spiro atoms. The molecule has 7 heteroatoms. The van der Waals surface area contributed by atoms with Gasteiger partial charge in [-0.05, 0) is 63.9 Å². The molecule has 0 aliphatic carbocycles. The number of carbonyl (C=O) groups is 1. The number of fused-ring (bicyclic) bond motifs is 1. The van der Waals surface area contributed by atoms with Crippen LogP contribution in [0.25, 0.3) is 0 Å². The number of aliphatic hydroxyl groups is 1. The van der Waals surface area contributed by atoms with Gasteiger partial charge in [-0.25, -0.2) is 0 Å². The minimum absolute atomic E-state index is 0.0230. The van der Waals surface area contributed by atoms with E-state index in [2.05, 4.69) is 50.1 Å². The molecule has 1 aliphatic heterocycles.